The van der Waals surface area contributed by atoms with Crippen LogP contribution in [0.2, 0.25) is 0 Å². The number of nitrogens with zero attached hydrogens (tertiary/aromatic N) is 2. The summed E-state index contributed by atoms with van der Waals surface area (Å²) in [5.74, 6) is 1.78. The Hall–Kier alpha value is -1.75. The standard InChI is InChI=1S/C22H38N4O/c1-17(2)26-14-11-19(12-15-26)25-21(23-6)24-13-16-27-20-9-7-18(8-10-20)22(3,4)5/h7-10,17,19H,11-16H2,1-6H3,(H2,23,24,25). The number of piperidine rings is 1. The average Bonchev–Trinajstić information content (AvgIpc) is 2.64. The summed E-state index contributed by atoms with van der Waals surface area (Å²) in [5.41, 5.74) is 1.49. The lowest BCUT2D eigenvalue weighted by molar-refractivity contribution is 0.167. The third kappa shape index (κ3) is 7.06. The Morgan fingerprint density at radius 2 is 1.81 bits per heavy atom. The van der Waals surface area contributed by atoms with Crippen molar-refractivity contribution in [1.82, 2.24) is 15.5 Å². The van der Waals surface area contributed by atoms with Crippen LogP contribution in [0, 0.1) is 0 Å². The molecule has 0 aromatic heterocycles. The summed E-state index contributed by atoms with van der Waals surface area (Å²) in [4.78, 5) is 6.88. The van der Waals surface area contributed by atoms with Crippen molar-refractivity contribution < 1.29 is 4.74 Å². The summed E-state index contributed by atoms with van der Waals surface area (Å²) < 4.78 is 5.85. The van der Waals surface area contributed by atoms with Gasteiger partial charge in [0.05, 0.1) is 6.54 Å². The summed E-state index contributed by atoms with van der Waals surface area (Å²) in [6.07, 6.45) is 2.32. The molecule has 0 radical (unpaired) electrons. The van der Waals surface area contributed by atoms with Crippen molar-refractivity contribution in [2.45, 2.75) is 65.0 Å². The van der Waals surface area contributed by atoms with Crippen molar-refractivity contribution in [3.63, 3.8) is 0 Å². The van der Waals surface area contributed by atoms with Gasteiger partial charge in [-0.1, -0.05) is 32.9 Å². The largest absolute Gasteiger partial charge is 0.492 e. The first-order valence-corrected chi connectivity index (χ1v) is 10.2. The highest BCUT2D eigenvalue weighted by molar-refractivity contribution is 5.79. The number of guanidine groups is 1. The first-order chi connectivity index (χ1) is 12.8. The molecule has 1 aliphatic heterocycles. The molecule has 0 amide bonds. The van der Waals surface area contributed by atoms with E-state index in [1.54, 1.807) is 0 Å². The molecule has 1 aromatic rings. The number of aliphatic imine (C=N–C) groups is 1. The Labute approximate surface area is 165 Å². The van der Waals surface area contributed by atoms with Gasteiger partial charge in [0.25, 0.3) is 0 Å². The minimum absolute atomic E-state index is 0.170. The molecule has 5 nitrogen and oxygen atoms in total. The van der Waals surface area contributed by atoms with Gasteiger partial charge < -0.3 is 20.3 Å². The van der Waals surface area contributed by atoms with E-state index in [1.807, 2.05) is 7.05 Å². The molecule has 0 spiro atoms. The lowest BCUT2D eigenvalue weighted by Gasteiger charge is -2.35. The molecular weight excluding hydrogens is 336 g/mol. The van der Waals surface area contributed by atoms with Crippen LogP contribution < -0.4 is 15.4 Å². The Morgan fingerprint density at radius 3 is 2.33 bits per heavy atom. The van der Waals surface area contributed by atoms with Crippen LogP contribution in [0.5, 0.6) is 5.75 Å². The summed E-state index contributed by atoms with van der Waals surface area (Å²) in [5, 5.41) is 6.90. The van der Waals surface area contributed by atoms with Crippen molar-refractivity contribution in [3.05, 3.63) is 29.8 Å². The molecule has 2 N–H and O–H groups in total. The first-order valence-electron chi connectivity index (χ1n) is 10.2. The molecular formula is C22H38N4O. The van der Waals surface area contributed by atoms with E-state index >= 15 is 0 Å². The lowest BCUT2D eigenvalue weighted by Crippen LogP contribution is -2.50. The Balaban J connectivity index is 1.68. The minimum Gasteiger partial charge on any atom is -0.492 e. The number of nitrogens with one attached hydrogen (secondary N) is 2. The highest BCUT2D eigenvalue weighted by atomic mass is 16.5. The Morgan fingerprint density at radius 1 is 1.19 bits per heavy atom. The summed E-state index contributed by atoms with van der Waals surface area (Å²) in [6.45, 7) is 14.8. The van der Waals surface area contributed by atoms with Gasteiger partial charge in [0.15, 0.2) is 5.96 Å². The molecule has 0 unspecified atom stereocenters. The summed E-state index contributed by atoms with van der Waals surface area (Å²) in [6, 6.07) is 9.53. The molecule has 0 bridgehead atoms. The third-order valence-corrected chi connectivity index (χ3v) is 5.21. The molecule has 0 saturated carbocycles. The van der Waals surface area contributed by atoms with Gasteiger partial charge in [-0.05, 0) is 49.8 Å². The summed E-state index contributed by atoms with van der Waals surface area (Å²) >= 11 is 0. The number of likely N-dealkylation sites (tertiary alicyclic amines) is 1. The van der Waals surface area contributed by atoms with Crippen LogP contribution in [0.25, 0.3) is 0 Å². The zero-order chi connectivity index (χ0) is 19.9. The molecule has 152 valence electrons. The van der Waals surface area contributed by atoms with Crippen molar-refractivity contribution in [3.8, 4) is 5.75 Å². The predicted molar refractivity (Wildman–Crippen MR) is 115 cm³/mol. The van der Waals surface area contributed by atoms with E-state index in [1.165, 1.54) is 5.56 Å². The van der Waals surface area contributed by atoms with Crippen LogP contribution >= 0.6 is 0 Å². The van der Waals surface area contributed by atoms with Crippen molar-refractivity contribution in [1.29, 1.82) is 0 Å². The van der Waals surface area contributed by atoms with Crippen LogP contribution in [-0.2, 0) is 5.41 Å². The van der Waals surface area contributed by atoms with E-state index < -0.39 is 0 Å². The van der Waals surface area contributed by atoms with Gasteiger partial charge in [-0.3, -0.25) is 4.99 Å². The maximum absolute atomic E-state index is 5.85. The molecule has 27 heavy (non-hydrogen) atoms. The molecule has 1 aromatic carbocycles. The second-order valence-electron chi connectivity index (χ2n) is 8.67. The fraction of sp³-hybridized carbons (Fsp3) is 0.682. The Bertz CT molecular complexity index is 581. The maximum atomic E-state index is 5.85. The summed E-state index contributed by atoms with van der Waals surface area (Å²) in [7, 11) is 1.82. The van der Waals surface area contributed by atoms with Crippen molar-refractivity contribution in [2.24, 2.45) is 4.99 Å². The molecule has 1 heterocycles. The van der Waals surface area contributed by atoms with E-state index in [0.29, 0.717) is 18.7 Å². The smallest absolute Gasteiger partial charge is 0.191 e. The number of benzene rings is 1. The number of ether oxygens (including phenoxy) is 1. The van der Waals surface area contributed by atoms with E-state index in [2.05, 4.69) is 79.4 Å². The topological polar surface area (TPSA) is 48.9 Å². The molecule has 0 aliphatic carbocycles. The van der Waals surface area contributed by atoms with E-state index in [-0.39, 0.29) is 5.41 Å². The SMILES string of the molecule is CN=C(NCCOc1ccc(C(C)(C)C)cc1)NC1CCN(C(C)C)CC1. The van der Waals surface area contributed by atoms with Crippen LogP contribution in [0.3, 0.4) is 0 Å². The molecule has 2 rings (SSSR count). The van der Waals surface area contributed by atoms with Crippen molar-refractivity contribution in [2.75, 3.05) is 33.3 Å². The third-order valence-electron chi connectivity index (χ3n) is 5.21. The average molecular weight is 375 g/mol. The number of hydrogen-bond acceptors (Lipinski definition) is 3. The zero-order valence-electron chi connectivity index (χ0n) is 18.0. The van der Waals surface area contributed by atoms with E-state index in [0.717, 1.165) is 44.2 Å². The molecule has 1 fully saturated rings. The van der Waals surface area contributed by atoms with Gasteiger partial charge in [0.1, 0.15) is 12.4 Å². The second kappa shape index (κ2) is 9.98. The lowest BCUT2D eigenvalue weighted by atomic mass is 9.87. The van der Waals surface area contributed by atoms with Crippen molar-refractivity contribution >= 4 is 5.96 Å². The van der Waals surface area contributed by atoms with Crippen LogP contribution in [0.4, 0.5) is 0 Å². The normalized spacial score (nSPS) is 17.2. The van der Waals surface area contributed by atoms with Crippen LogP contribution in [0.1, 0.15) is 53.0 Å². The van der Waals surface area contributed by atoms with Gasteiger partial charge in [-0.2, -0.15) is 0 Å². The quantitative estimate of drug-likeness (QED) is 0.455. The van der Waals surface area contributed by atoms with Gasteiger partial charge in [-0.25, -0.2) is 0 Å². The van der Waals surface area contributed by atoms with Gasteiger partial charge in [-0.15, -0.1) is 0 Å². The minimum atomic E-state index is 0.170. The highest BCUT2D eigenvalue weighted by Gasteiger charge is 2.21. The van der Waals surface area contributed by atoms with Gasteiger partial charge >= 0.3 is 0 Å². The molecule has 0 atom stereocenters. The van der Waals surface area contributed by atoms with Crippen LogP contribution in [-0.4, -0.2) is 56.2 Å². The highest BCUT2D eigenvalue weighted by Crippen LogP contribution is 2.24. The predicted octanol–water partition coefficient (Wildman–Crippen LogP) is 3.40. The van der Waals surface area contributed by atoms with Gasteiger partial charge in [0.2, 0.25) is 0 Å². The van der Waals surface area contributed by atoms with E-state index in [9.17, 15) is 0 Å². The fourth-order valence-electron chi connectivity index (χ4n) is 3.34. The molecule has 5 heteroatoms. The molecule has 1 aliphatic rings. The monoisotopic (exact) mass is 374 g/mol. The number of rotatable bonds is 6. The van der Waals surface area contributed by atoms with Crippen LogP contribution in [0.15, 0.2) is 29.3 Å². The number of hydrogen-bond donors (Lipinski definition) is 2. The fourth-order valence-corrected chi connectivity index (χ4v) is 3.34. The zero-order valence-corrected chi connectivity index (χ0v) is 18.0. The molecule has 1 saturated heterocycles. The van der Waals surface area contributed by atoms with E-state index in [4.69, 9.17) is 4.74 Å². The maximum Gasteiger partial charge on any atom is 0.191 e. The first kappa shape index (κ1) is 21.5. The van der Waals surface area contributed by atoms with Gasteiger partial charge in [0, 0.05) is 32.2 Å². The Kier molecular flexibility index (Phi) is 7.96. The second-order valence-corrected chi connectivity index (χ2v) is 8.67.